The normalized spacial score (nSPS) is 12.8. The van der Waals surface area contributed by atoms with Gasteiger partial charge in [0, 0.05) is 33.9 Å². The highest BCUT2D eigenvalue weighted by Crippen LogP contribution is 2.01. The van der Waals surface area contributed by atoms with Crippen LogP contribution in [0.15, 0.2) is 0 Å². The lowest BCUT2D eigenvalue weighted by Crippen LogP contribution is -2.48. The van der Waals surface area contributed by atoms with Crippen molar-refractivity contribution in [3.05, 3.63) is 0 Å². The molecule has 0 saturated heterocycles. The topological polar surface area (TPSA) is 76.8 Å². The van der Waals surface area contributed by atoms with Crippen LogP contribution in [-0.4, -0.2) is 57.4 Å². The van der Waals surface area contributed by atoms with E-state index < -0.39 is 0 Å². The smallest absolute Gasteiger partial charge is 0.250 e. The predicted octanol–water partition coefficient (Wildman–Crippen LogP) is -0.650. The molecule has 1 amide bonds. The maximum Gasteiger partial charge on any atom is 0.250 e. The summed E-state index contributed by atoms with van der Waals surface area (Å²) >= 11 is 0. The first-order chi connectivity index (χ1) is 7.67. The molecule has 0 bridgehead atoms. The number of rotatable bonds is 9. The molecule has 0 aliphatic heterocycles. The minimum atomic E-state index is -0.253. The van der Waals surface area contributed by atoms with E-state index in [9.17, 15) is 4.79 Å². The molecule has 3 N–H and O–H groups in total. The lowest BCUT2D eigenvalue weighted by Gasteiger charge is -2.27. The van der Waals surface area contributed by atoms with Gasteiger partial charge in [0.25, 0.3) is 5.91 Å². The average molecular weight is 233 g/mol. The van der Waals surface area contributed by atoms with Gasteiger partial charge in [-0.2, -0.15) is 0 Å². The standard InChI is InChI=1S/C10H23N3O3/c1-9(10(14)12-11)13(6-8-16-3)5-4-7-15-2/h9H,4-8,11H2,1-3H3,(H,12,14). The third-order valence-corrected chi connectivity index (χ3v) is 2.45. The van der Waals surface area contributed by atoms with E-state index in [2.05, 4.69) is 5.43 Å². The Morgan fingerprint density at radius 3 is 2.44 bits per heavy atom. The number of nitrogens with two attached hydrogens (primary N) is 1. The number of carbonyl (C=O) groups is 1. The van der Waals surface area contributed by atoms with Crippen LogP contribution in [0.5, 0.6) is 0 Å². The van der Waals surface area contributed by atoms with Gasteiger partial charge in [0.2, 0.25) is 0 Å². The van der Waals surface area contributed by atoms with Crippen molar-refractivity contribution in [3.8, 4) is 0 Å². The van der Waals surface area contributed by atoms with E-state index in [4.69, 9.17) is 15.3 Å². The highest BCUT2D eigenvalue weighted by atomic mass is 16.5. The van der Waals surface area contributed by atoms with Crippen LogP contribution >= 0.6 is 0 Å². The second kappa shape index (κ2) is 9.53. The molecule has 0 fully saturated rings. The number of hydrazine groups is 1. The van der Waals surface area contributed by atoms with E-state index in [0.717, 1.165) is 13.0 Å². The Balaban J connectivity index is 4.11. The number of hydrogen-bond acceptors (Lipinski definition) is 5. The number of methoxy groups -OCH3 is 2. The van der Waals surface area contributed by atoms with Gasteiger partial charge in [0.1, 0.15) is 0 Å². The van der Waals surface area contributed by atoms with Gasteiger partial charge in [-0.15, -0.1) is 0 Å². The van der Waals surface area contributed by atoms with Crippen LogP contribution in [0.3, 0.4) is 0 Å². The molecule has 0 rings (SSSR count). The number of nitrogens with one attached hydrogen (secondary N) is 1. The minimum absolute atomic E-state index is 0.187. The monoisotopic (exact) mass is 233 g/mol. The first-order valence-corrected chi connectivity index (χ1v) is 5.39. The summed E-state index contributed by atoms with van der Waals surface area (Å²) in [5, 5.41) is 0. The van der Waals surface area contributed by atoms with Crippen LogP contribution in [-0.2, 0) is 14.3 Å². The summed E-state index contributed by atoms with van der Waals surface area (Å²) in [5.41, 5.74) is 2.16. The molecule has 0 aromatic heterocycles. The predicted molar refractivity (Wildman–Crippen MR) is 61.7 cm³/mol. The zero-order valence-corrected chi connectivity index (χ0v) is 10.4. The molecule has 0 aliphatic carbocycles. The maximum absolute atomic E-state index is 11.4. The molecule has 0 aromatic rings. The van der Waals surface area contributed by atoms with Gasteiger partial charge < -0.3 is 9.47 Å². The van der Waals surface area contributed by atoms with E-state index in [-0.39, 0.29) is 11.9 Å². The number of ether oxygens (including phenoxy) is 2. The quantitative estimate of drug-likeness (QED) is 0.239. The van der Waals surface area contributed by atoms with Gasteiger partial charge >= 0.3 is 0 Å². The Bertz CT molecular complexity index is 190. The molecule has 0 heterocycles. The highest BCUT2D eigenvalue weighted by molar-refractivity contribution is 5.80. The molecular weight excluding hydrogens is 210 g/mol. The van der Waals surface area contributed by atoms with Gasteiger partial charge in [0.15, 0.2) is 0 Å². The van der Waals surface area contributed by atoms with E-state index in [1.807, 2.05) is 11.8 Å². The second-order valence-electron chi connectivity index (χ2n) is 3.56. The lowest BCUT2D eigenvalue weighted by atomic mass is 10.2. The average Bonchev–Trinajstić information content (AvgIpc) is 2.31. The van der Waals surface area contributed by atoms with Crippen LogP contribution in [0.25, 0.3) is 0 Å². The third kappa shape index (κ3) is 6.02. The van der Waals surface area contributed by atoms with Gasteiger partial charge in [-0.1, -0.05) is 0 Å². The van der Waals surface area contributed by atoms with Crippen molar-refractivity contribution >= 4 is 5.91 Å². The van der Waals surface area contributed by atoms with Crippen LogP contribution in [0.2, 0.25) is 0 Å². The minimum Gasteiger partial charge on any atom is -0.385 e. The van der Waals surface area contributed by atoms with Gasteiger partial charge in [0.05, 0.1) is 12.6 Å². The summed E-state index contributed by atoms with van der Waals surface area (Å²) in [5.74, 6) is 4.93. The van der Waals surface area contributed by atoms with Crippen molar-refractivity contribution in [3.63, 3.8) is 0 Å². The summed E-state index contributed by atoms with van der Waals surface area (Å²) in [7, 11) is 3.30. The summed E-state index contributed by atoms with van der Waals surface area (Å²) in [6, 6.07) is -0.253. The van der Waals surface area contributed by atoms with Gasteiger partial charge in [-0.05, 0) is 13.3 Å². The molecular formula is C10H23N3O3. The second-order valence-corrected chi connectivity index (χ2v) is 3.56. The summed E-state index contributed by atoms with van der Waals surface area (Å²) in [6.45, 7) is 4.58. The number of nitrogens with zero attached hydrogens (tertiary/aromatic N) is 1. The molecule has 6 heteroatoms. The molecule has 6 nitrogen and oxygen atoms in total. The van der Waals surface area contributed by atoms with Crippen LogP contribution < -0.4 is 11.3 Å². The summed E-state index contributed by atoms with van der Waals surface area (Å²) in [6.07, 6.45) is 0.877. The van der Waals surface area contributed by atoms with Crippen LogP contribution in [0.4, 0.5) is 0 Å². The van der Waals surface area contributed by atoms with E-state index in [1.165, 1.54) is 0 Å². The summed E-state index contributed by atoms with van der Waals surface area (Å²) in [4.78, 5) is 13.4. The lowest BCUT2D eigenvalue weighted by molar-refractivity contribution is -0.126. The molecule has 1 unspecified atom stereocenters. The SMILES string of the molecule is COCCCN(CCOC)C(C)C(=O)NN. The van der Waals surface area contributed by atoms with Gasteiger partial charge in [-0.25, -0.2) is 5.84 Å². The van der Waals surface area contributed by atoms with Crippen molar-refractivity contribution in [2.45, 2.75) is 19.4 Å². The fourth-order valence-corrected chi connectivity index (χ4v) is 1.41. The van der Waals surface area contributed by atoms with Crippen molar-refractivity contribution in [1.82, 2.24) is 10.3 Å². The highest BCUT2D eigenvalue weighted by Gasteiger charge is 2.19. The number of amides is 1. The third-order valence-electron chi connectivity index (χ3n) is 2.45. The van der Waals surface area contributed by atoms with Crippen molar-refractivity contribution in [2.75, 3.05) is 40.5 Å². The fraction of sp³-hybridized carbons (Fsp3) is 0.900. The Labute approximate surface area is 97.0 Å². The maximum atomic E-state index is 11.4. The Kier molecular flexibility index (Phi) is 9.12. The number of carbonyl (C=O) groups excluding carboxylic acids is 1. The van der Waals surface area contributed by atoms with Crippen molar-refractivity contribution < 1.29 is 14.3 Å². The van der Waals surface area contributed by atoms with E-state index in [0.29, 0.717) is 19.8 Å². The Morgan fingerprint density at radius 2 is 1.94 bits per heavy atom. The van der Waals surface area contributed by atoms with Gasteiger partial charge in [-0.3, -0.25) is 15.1 Å². The molecule has 0 spiro atoms. The van der Waals surface area contributed by atoms with Crippen LogP contribution in [0, 0.1) is 0 Å². The molecule has 0 aliphatic rings. The molecule has 16 heavy (non-hydrogen) atoms. The zero-order valence-electron chi connectivity index (χ0n) is 10.4. The Hall–Kier alpha value is -0.690. The molecule has 0 saturated carbocycles. The molecule has 0 aromatic carbocycles. The zero-order chi connectivity index (χ0) is 12.4. The largest absolute Gasteiger partial charge is 0.385 e. The number of hydrogen-bond donors (Lipinski definition) is 2. The fourth-order valence-electron chi connectivity index (χ4n) is 1.41. The first-order valence-electron chi connectivity index (χ1n) is 5.39. The van der Waals surface area contributed by atoms with E-state index >= 15 is 0 Å². The summed E-state index contributed by atoms with van der Waals surface area (Å²) < 4.78 is 9.99. The van der Waals surface area contributed by atoms with Crippen molar-refractivity contribution in [1.29, 1.82) is 0 Å². The molecule has 1 atom stereocenters. The molecule has 0 radical (unpaired) electrons. The first kappa shape index (κ1) is 15.3. The van der Waals surface area contributed by atoms with Crippen molar-refractivity contribution in [2.24, 2.45) is 5.84 Å². The van der Waals surface area contributed by atoms with E-state index in [1.54, 1.807) is 14.2 Å². The van der Waals surface area contributed by atoms with Crippen LogP contribution in [0.1, 0.15) is 13.3 Å². The molecule has 96 valence electrons. The Morgan fingerprint density at radius 1 is 1.31 bits per heavy atom.